The van der Waals surface area contributed by atoms with Gasteiger partial charge < -0.3 is 5.73 Å². The van der Waals surface area contributed by atoms with Gasteiger partial charge in [-0.05, 0) is 11.1 Å². The van der Waals surface area contributed by atoms with Crippen LogP contribution < -0.4 is 5.73 Å². The summed E-state index contributed by atoms with van der Waals surface area (Å²) in [5.41, 5.74) is 7.94. The summed E-state index contributed by atoms with van der Waals surface area (Å²) in [6.45, 7) is 0. The molecule has 0 aliphatic carbocycles. The van der Waals surface area contributed by atoms with Crippen LogP contribution in [0.5, 0.6) is 0 Å². The molecule has 0 radical (unpaired) electrons. The third kappa shape index (κ3) is 3.28. The zero-order valence-electron chi connectivity index (χ0n) is 10.4. The summed E-state index contributed by atoms with van der Waals surface area (Å²) >= 11 is 0. The first-order valence-corrected chi connectivity index (χ1v) is 5.95. The van der Waals surface area contributed by atoms with Gasteiger partial charge in [-0.1, -0.05) is 30.3 Å². The predicted molar refractivity (Wildman–Crippen MR) is 69.9 cm³/mol. The average Bonchev–Trinajstić information content (AvgIpc) is 2.75. The SMILES string of the molecule is Cn1cc(CC(=O)CC(N)c2ccccc2)cn1. The molecule has 1 unspecified atom stereocenters. The molecule has 0 bridgehead atoms. The van der Waals surface area contributed by atoms with Crippen LogP contribution in [0.2, 0.25) is 0 Å². The van der Waals surface area contributed by atoms with Gasteiger partial charge >= 0.3 is 0 Å². The normalized spacial score (nSPS) is 12.3. The number of rotatable bonds is 5. The first kappa shape index (κ1) is 12.5. The molecule has 0 aliphatic rings. The molecule has 1 atom stereocenters. The third-order valence-corrected chi connectivity index (χ3v) is 2.83. The molecular formula is C14H17N3O. The maximum Gasteiger partial charge on any atom is 0.139 e. The highest BCUT2D eigenvalue weighted by Crippen LogP contribution is 2.14. The van der Waals surface area contributed by atoms with Crippen molar-refractivity contribution < 1.29 is 4.79 Å². The number of nitrogens with two attached hydrogens (primary N) is 1. The van der Waals surface area contributed by atoms with Crippen LogP contribution in [0.4, 0.5) is 0 Å². The Morgan fingerprint density at radius 3 is 2.72 bits per heavy atom. The van der Waals surface area contributed by atoms with Crippen LogP contribution in [0.1, 0.15) is 23.6 Å². The minimum Gasteiger partial charge on any atom is -0.324 e. The van der Waals surface area contributed by atoms with E-state index in [1.165, 1.54) is 0 Å². The molecule has 2 rings (SSSR count). The number of benzene rings is 1. The zero-order valence-corrected chi connectivity index (χ0v) is 10.4. The van der Waals surface area contributed by atoms with E-state index in [0.717, 1.165) is 11.1 Å². The highest BCUT2D eigenvalue weighted by atomic mass is 16.1. The summed E-state index contributed by atoms with van der Waals surface area (Å²) in [7, 11) is 1.84. The van der Waals surface area contributed by atoms with E-state index in [-0.39, 0.29) is 11.8 Å². The Hall–Kier alpha value is -1.94. The van der Waals surface area contributed by atoms with Gasteiger partial charge in [-0.15, -0.1) is 0 Å². The van der Waals surface area contributed by atoms with E-state index < -0.39 is 0 Å². The van der Waals surface area contributed by atoms with Gasteiger partial charge in [0, 0.05) is 32.1 Å². The zero-order chi connectivity index (χ0) is 13.0. The van der Waals surface area contributed by atoms with Gasteiger partial charge in [0.25, 0.3) is 0 Å². The Morgan fingerprint density at radius 2 is 2.11 bits per heavy atom. The summed E-state index contributed by atoms with van der Waals surface area (Å²) in [6.07, 6.45) is 4.32. The number of carbonyl (C=O) groups is 1. The quantitative estimate of drug-likeness (QED) is 0.868. The van der Waals surface area contributed by atoms with Crippen molar-refractivity contribution in [3.8, 4) is 0 Å². The molecule has 4 heteroatoms. The maximum absolute atomic E-state index is 11.9. The van der Waals surface area contributed by atoms with E-state index in [9.17, 15) is 4.79 Å². The fraction of sp³-hybridized carbons (Fsp3) is 0.286. The van der Waals surface area contributed by atoms with Gasteiger partial charge in [-0.3, -0.25) is 9.48 Å². The third-order valence-electron chi connectivity index (χ3n) is 2.83. The molecule has 0 saturated carbocycles. The lowest BCUT2D eigenvalue weighted by Crippen LogP contribution is -2.16. The van der Waals surface area contributed by atoms with Crippen molar-refractivity contribution in [3.05, 3.63) is 53.9 Å². The summed E-state index contributed by atoms with van der Waals surface area (Å²) in [4.78, 5) is 11.9. The van der Waals surface area contributed by atoms with Crippen LogP contribution in [-0.2, 0) is 18.3 Å². The highest BCUT2D eigenvalue weighted by Gasteiger charge is 2.12. The first-order chi connectivity index (χ1) is 8.65. The summed E-state index contributed by atoms with van der Waals surface area (Å²) in [6, 6.07) is 9.47. The van der Waals surface area contributed by atoms with Crippen LogP contribution in [-0.4, -0.2) is 15.6 Å². The molecule has 0 aliphatic heterocycles. The molecule has 2 aromatic rings. The van der Waals surface area contributed by atoms with E-state index in [2.05, 4.69) is 5.10 Å². The molecule has 1 aromatic heterocycles. The first-order valence-electron chi connectivity index (χ1n) is 5.95. The second-order valence-corrected chi connectivity index (χ2v) is 4.46. The topological polar surface area (TPSA) is 60.9 Å². The molecule has 2 N–H and O–H groups in total. The van der Waals surface area contributed by atoms with Crippen molar-refractivity contribution in [1.82, 2.24) is 9.78 Å². The van der Waals surface area contributed by atoms with Crippen molar-refractivity contribution in [2.24, 2.45) is 12.8 Å². The van der Waals surface area contributed by atoms with Crippen LogP contribution in [0, 0.1) is 0 Å². The molecule has 4 nitrogen and oxygen atoms in total. The molecular weight excluding hydrogens is 226 g/mol. The highest BCUT2D eigenvalue weighted by molar-refractivity contribution is 5.81. The van der Waals surface area contributed by atoms with Gasteiger partial charge in [0.05, 0.1) is 6.20 Å². The Morgan fingerprint density at radius 1 is 1.39 bits per heavy atom. The van der Waals surface area contributed by atoms with Crippen molar-refractivity contribution in [1.29, 1.82) is 0 Å². The molecule has 0 spiro atoms. The van der Waals surface area contributed by atoms with Gasteiger partial charge in [0.15, 0.2) is 0 Å². The Kier molecular flexibility index (Phi) is 3.89. The lowest BCUT2D eigenvalue weighted by Gasteiger charge is -2.10. The maximum atomic E-state index is 11.9. The second-order valence-electron chi connectivity index (χ2n) is 4.46. The molecule has 94 valence electrons. The minimum absolute atomic E-state index is 0.138. The van der Waals surface area contributed by atoms with E-state index >= 15 is 0 Å². The van der Waals surface area contributed by atoms with Crippen molar-refractivity contribution in [2.45, 2.75) is 18.9 Å². The Bertz CT molecular complexity index is 519. The van der Waals surface area contributed by atoms with Crippen molar-refractivity contribution >= 4 is 5.78 Å². The fourth-order valence-electron chi connectivity index (χ4n) is 1.93. The van der Waals surface area contributed by atoms with Gasteiger partial charge in [0.1, 0.15) is 5.78 Å². The van der Waals surface area contributed by atoms with E-state index in [4.69, 9.17) is 5.73 Å². The molecule has 0 saturated heterocycles. The van der Waals surface area contributed by atoms with Crippen LogP contribution >= 0.6 is 0 Å². The largest absolute Gasteiger partial charge is 0.324 e. The number of Topliss-reactive ketones (excluding diaryl/α,β-unsaturated/α-hetero) is 1. The van der Waals surface area contributed by atoms with Crippen molar-refractivity contribution in [2.75, 3.05) is 0 Å². The second kappa shape index (κ2) is 5.60. The smallest absolute Gasteiger partial charge is 0.139 e. The van der Waals surface area contributed by atoms with Gasteiger partial charge in [-0.2, -0.15) is 5.10 Å². The number of ketones is 1. The van der Waals surface area contributed by atoms with Crippen molar-refractivity contribution in [3.63, 3.8) is 0 Å². The monoisotopic (exact) mass is 243 g/mol. The van der Waals surface area contributed by atoms with Gasteiger partial charge in [0.2, 0.25) is 0 Å². The van der Waals surface area contributed by atoms with E-state index in [1.807, 2.05) is 43.6 Å². The molecule has 1 heterocycles. The van der Waals surface area contributed by atoms with E-state index in [0.29, 0.717) is 12.8 Å². The Labute approximate surface area is 106 Å². The molecule has 1 aromatic carbocycles. The summed E-state index contributed by atoms with van der Waals surface area (Å²) < 4.78 is 1.69. The van der Waals surface area contributed by atoms with Crippen LogP contribution in [0.15, 0.2) is 42.7 Å². The number of nitrogens with zero attached hydrogens (tertiary/aromatic N) is 2. The number of aromatic nitrogens is 2. The Balaban J connectivity index is 1.92. The fourth-order valence-corrected chi connectivity index (χ4v) is 1.93. The van der Waals surface area contributed by atoms with E-state index in [1.54, 1.807) is 10.9 Å². The lowest BCUT2D eigenvalue weighted by molar-refractivity contribution is -0.118. The predicted octanol–water partition coefficient (Wildman–Crippen LogP) is 1.62. The molecule has 18 heavy (non-hydrogen) atoms. The summed E-state index contributed by atoms with van der Waals surface area (Å²) in [5, 5.41) is 4.04. The number of carbonyl (C=O) groups excluding carboxylic acids is 1. The average molecular weight is 243 g/mol. The number of hydrogen-bond donors (Lipinski definition) is 1. The lowest BCUT2D eigenvalue weighted by atomic mass is 10.00. The molecule has 0 fully saturated rings. The van der Waals surface area contributed by atoms with Gasteiger partial charge in [-0.25, -0.2) is 0 Å². The summed E-state index contributed by atoms with van der Waals surface area (Å²) in [5.74, 6) is 0.138. The number of hydrogen-bond acceptors (Lipinski definition) is 3. The molecule has 0 amide bonds. The minimum atomic E-state index is -0.227. The van der Waals surface area contributed by atoms with Crippen LogP contribution in [0.25, 0.3) is 0 Å². The number of aryl methyl sites for hydroxylation is 1. The van der Waals surface area contributed by atoms with Crippen LogP contribution in [0.3, 0.4) is 0 Å². The standard InChI is InChI=1S/C14H17N3O/c1-17-10-11(9-16-17)7-13(18)8-14(15)12-5-3-2-4-6-12/h2-6,9-10,14H,7-8,15H2,1H3.